The number of rotatable bonds is 7. The fourth-order valence-electron chi connectivity index (χ4n) is 1.08. The van der Waals surface area contributed by atoms with Crippen LogP contribution in [0.2, 0.25) is 0 Å². The molecule has 88 valence electrons. The predicted molar refractivity (Wildman–Crippen MR) is 58.9 cm³/mol. The molecular weight excluding hydrogens is 208 g/mol. The third kappa shape index (κ3) is 5.48. The minimum absolute atomic E-state index is 0.0316. The highest BCUT2D eigenvalue weighted by molar-refractivity contribution is 5.70. The molecule has 0 heterocycles. The van der Waals surface area contributed by atoms with Gasteiger partial charge in [0.15, 0.2) is 0 Å². The molecule has 1 aromatic carbocycles. The summed E-state index contributed by atoms with van der Waals surface area (Å²) in [5, 5.41) is 0. The monoisotopic (exact) mass is 224 g/mol. The van der Waals surface area contributed by atoms with Crippen LogP contribution in [0.5, 0.6) is 0 Å². The summed E-state index contributed by atoms with van der Waals surface area (Å²) >= 11 is 0. The minimum atomic E-state index is -0.361. The van der Waals surface area contributed by atoms with E-state index >= 15 is 0 Å². The van der Waals surface area contributed by atoms with Crippen LogP contribution in [0.15, 0.2) is 30.3 Å². The highest BCUT2D eigenvalue weighted by Crippen LogP contribution is 2.00. The molecule has 0 saturated carbocycles. The van der Waals surface area contributed by atoms with Crippen molar-refractivity contribution in [2.24, 2.45) is 0 Å². The third-order valence-electron chi connectivity index (χ3n) is 1.89. The van der Waals surface area contributed by atoms with Crippen LogP contribution in [0, 0.1) is 0 Å². The summed E-state index contributed by atoms with van der Waals surface area (Å²) in [5.74, 6) is -0.361. The van der Waals surface area contributed by atoms with Gasteiger partial charge < -0.3 is 14.2 Å². The van der Waals surface area contributed by atoms with E-state index in [0.29, 0.717) is 13.2 Å². The predicted octanol–water partition coefficient (Wildman–Crippen LogP) is 1.39. The number of hydrogen-bond donors (Lipinski definition) is 0. The molecule has 0 spiro atoms. The summed E-state index contributed by atoms with van der Waals surface area (Å²) in [6.45, 7) is 1.13. The lowest BCUT2D eigenvalue weighted by atomic mass is 10.2. The number of carbonyl (C=O) groups is 1. The van der Waals surface area contributed by atoms with Crippen LogP contribution in [-0.2, 0) is 25.6 Å². The van der Waals surface area contributed by atoms with E-state index in [9.17, 15) is 4.79 Å². The van der Waals surface area contributed by atoms with Crippen molar-refractivity contribution >= 4 is 5.97 Å². The quantitative estimate of drug-likeness (QED) is 0.518. The topological polar surface area (TPSA) is 44.8 Å². The minimum Gasteiger partial charge on any atom is -0.459 e. The van der Waals surface area contributed by atoms with E-state index in [4.69, 9.17) is 14.2 Å². The molecule has 0 aliphatic carbocycles. The van der Waals surface area contributed by atoms with Crippen molar-refractivity contribution in [3.63, 3.8) is 0 Å². The zero-order valence-corrected chi connectivity index (χ0v) is 9.35. The van der Waals surface area contributed by atoms with Gasteiger partial charge in [0.2, 0.25) is 0 Å². The molecule has 4 nitrogen and oxygen atoms in total. The first kappa shape index (κ1) is 12.7. The standard InChI is InChI=1S/C12H16O4/c1-14-7-8-15-10-12(13)16-9-11-5-3-2-4-6-11/h2-6H,7-10H2,1H3. The lowest BCUT2D eigenvalue weighted by Crippen LogP contribution is -2.14. The number of esters is 1. The summed E-state index contributed by atoms with van der Waals surface area (Å²) in [5.41, 5.74) is 0.966. The van der Waals surface area contributed by atoms with Crippen LogP contribution in [0.4, 0.5) is 0 Å². The molecule has 16 heavy (non-hydrogen) atoms. The Morgan fingerprint density at radius 3 is 2.62 bits per heavy atom. The Bertz CT molecular complexity index is 297. The van der Waals surface area contributed by atoms with E-state index in [2.05, 4.69) is 0 Å². The van der Waals surface area contributed by atoms with Gasteiger partial charge in [-0.05, 0) is 5.56 Å². The molecule has 0 amide bonds. The summed E-state index contributed by atoms with van der Waals surface area (Å²) in [6, 6.07) is 9.52. The Morgan fingerprint density at radius 1 is 1.19 bits per heavy atom. The van der Waals surface area contributed by atoms with Gasteiger partial charge in [0.1, 0.15) is 13.2 Å². The molecule has 0 radical (unpaired) electrons. The second-order valence-electron chi connectivity index (χ2n) is 3.19. The number of ether oxygens (including phenoxy) is 3. The smallest absolute Gasteiger partial charge is 0.332 e. The molecule has 0 saturated heterocycles. The Labute approximate surface area is 95.1 Å². The van der Waals surface area contributed by atoms with Crippen molar-refractivity contribution in [2.75, 3.05) is 26.9 Å². The molecule has 0 unspecified atom stereocenters. The first-order chi connectivity index (χ1) is 7.83. The molecule has 0 aromatic heterocycles. The second kappa shape index (κ2) is 7.84. The largest absolute Gasteiger partial charge is 0.459 e. The fraction of sp³-hybridized carbons (Fsp3) is 0.417. The first-order valence-corrected chi connectivity index (χ1v) is 5.09. The van der Waals surface area contributed by atoms with Gasteiger partial charge in [-0.15, -0.1) is 0 Å². The van der Waals surface area contributed by atoms with Crippen molar-refractivity contribution in [3.05, 3.63) is 35.9 Å². The fourth-order valence-corrected chi connectivity index (χ4v) is 1.08. The molecule has 0 atom stereocenters. The second-order valence-corrected chi connectivity index (χ2v) is 3.19. The lowest BCUT2D eigenvalue weighted by molar-refractivity contribution is -0.150. The third-order valence-corrected chi connectivity index (χ3v) is 1.89. The van der Waals surface area contributed by atoms with Crippen LogP contribution in [0.1, 0.15) is 5.56 Å². The van der Waals surface area contributed by atoms with Crippen LogP contribution in [0.25, 0.3) is 0 Å². The van der Waals surface area contributed by atoms with Crippen LogP contribution >= 0.6 is 0 Å². The highest BCUT2D eigenvalue weighted by atomic mass is 16.6. The summed E-state index contributed by atoms with van der Waals surface area (Å²) in [7, 11) is 1.58. The zero-order valence-electron chi connectivity index (χ0n) is 9.35. The van der Waals surface area contributed by atoms with Crippen molar-refractivity contribution in [1.29, 1.82) is 0 Å². The molecule has 1 aromatic rings. The Kier molecular flexibility index (Phi) is 6.22. The van der Waals surface area contributed by atoms with Gasteiger partial charge in [-0.2, -0.15) is 0 Å². The molecule has 4 heteroatoms. The van der Waals surface area contributed by atoms with Gasteiger partial charge in [-0.1, -0.05) is 30.3 Å². The molecular formula is C12H16O4. The van der Waals surface area contributed by atoms with Gasteiger partial charge >= 0.3 is 5.97 Å². The summed E-state index contributed by atoms with van der Waals surface area (Å²) < 4.78 is 14.8. The number of carbonyl (C=O) groups excluding carboxylic acids is 1. The van der Waals surface area contributed by atoms with Crippen molar-refractivity contribution in [3.8, 4) is 0 Å². The Morgan fingerprint density at radius 2 is 1.94 bits per heavy atom. The zero-order chi connectivity index (χ0) is 11.6. The maximum absolute atomic E-state index is 11.2. The van der Waals surface area contributed by atoms with Crippen molar-refractivity contribution in [1.82, 2.24) is 0 Å². The molecule has 0 bridgehead atoms. The summed E-state index contributed by atoms with van der Waals surface area (Å²) in [4.78, 5) is 11.2. The maximum Gasteiger partial charge on any atom is 0.332 e. The Balaban J connectivity index is 2.11. The van der Waals surface area contributed by atoms with E-state index in [0.717, 1.165) is 5.56 Å². The number of hydrogen-bond acceptors (Lipinski definition) is 4. The van der Waals surface area contributed by atoms with E-state index in [1.165, 1.54) is 0 Å². The van der Waals surface area contributed by atoms with Gasteiger partial charge in [0.05, 0.1) is 13.2 Å². The van der Waals surface area contributed by atoms with Gasteiger partial charge in [0.25, 0.3) is 0 Å². The lowest BCUT2D eigenvalue weighted by Gasteiger charge is -2.05. The molecule has 0 aliphatic heterocycles. The van der Waals surface area contributed by atoms with E-state index < -0.39 is 0 Å². The molecule has 0 N–H and O–H groups in total. The SMILES string of the molecule is COCCOCC(=O)OCc1ccccc1. The van der Waals surface area contributed by atoms with Crippen LogP contribution in [0.3, 0.4) is 0 Å². The highest BCUT2D eigenvalue weighted by Gasteiger charge is 2.02. The maximum atomic E-state index is 11.2. The molecule has 0 fully saturated rings. The summed E-state index contributed by atoms with van der Waals surface area (Å²) in [6.07, 6.45) is 0. The van der Waals surface area contributed by atoms with Crippen LogP contribution < -0.4 is 0 Å². The Hall–Kier alpha value is -1.39. The van der Waals surface area contributed by atoms with Crippen molar-refractivity contribution in [2.45, 2.75) is 6.61 Å². The van der Waals surface area contributed by atoms with E-state index in [1.54, 1.807) is 7.11 Å². The first-order valence-electron chi connectivity index (χ1n) is 5.09. The number of methoxy groups -OCH3 is 1. The van der Waals surface area contributed by atoms with E-state index in [-0.39, 0.29) is 19.2 Å². The van der Waals surface area contributed by atoms with Gasteiger partial charge in [-0.25, -0.2) is 4.79 Å². The normalized spacial score (nSPS) is 10.1. The van der Waals surface area contributed by atoms with Crippen LogP contribution in [-0.4, -0.2) is 32.9 Å². The average Bonchev–Trinajstić information content (AvgIpc) is 2.33. The van der Waals surface area contributed by atoms with Crippen molar-refractivity contribution < 1.29 is 19.0 Å². The molecule has 0 aliphatic rings. The van der Waals surface area contributed by atoms with E-state index in [1.807, 2.05) is 30.3 Å². The van der Waals surface area contributed by atoms with Gasteiger partial charge in [-0.3, -0.25) is 0 Å². The molecule has 1 rings (SSSR count). The average molecular weight is 224 g/mol. The number of benzene rings is 1. The van der Waals surface area contributed by atoms with Gasteiger partial charge in [0, 0.05) is 7.11 Å².